The van der Waals surface area contributed by atoms with Crippen molar-refractivity contribution in [2.45, 2.75) is 31.7 Å². The zero-order chi connectivity index (χ0) is 13.8. The van der Waals surface area contributed by atoms with E-state index >= 15 is 0 Å². The Morgan fingerprint density at radius 1 is 1.47 bits per heavy atom. The first-order chi connectivity index (χ1) is 9.13. The van der Waals surface area contributed by atoms with Crippen LogP contribution >= 0.6 is 11.6 Å². The minimum atomic E-state index is -0.112. The van der Waals surface area contributed by atoms with Crippen LogP contribution in [0.25, 0.3) is 0 Å². The lowest BCUT2D eigenvalue weighted by Gasteiger charge is -2.37. The van der Waals surface area contributed by atoms with Crippen molar-refractivity contribution in [3.63, 3.8) is 0 Å². The highest BCUT2D eigenvalue weighted by atomic mass is 35.5. The summed E-state index contributed by atoms with van der Waals surface area (Å²) in [6, 6.07) is 4.75. The van der Waals surface area contributed by atoms with Crippen molar-refractivity contribution in [2.75, 3.05) is 13.1 Å². The third-order valence-corrected chi connectivity index (χ3v) is 3.89. The number of rotatable bonds is 5. The van der Waals surface area contributed by atoms with Gasteiger partial charge in [0.25, 0.3) is 5.91 Å². The zero-order valence-corrected chi connectivity index (χ0v) is 11.6. The van der Waals surface area contributed by atoms with E-state index in [-0.39, 0.29) is 17.7 Å². The standard InChI is InChI=1S/C14H19ClN2O2/c15-13-6-5-11(18)9-12(13)14(19)17(8-2-7-16)10-3-1-4-10/h5-6,9-10,18H,1-4,7-8,16H2. The zero-order valence-electron chi connectivity index (χ0n) is 10.8. The molecule has 1 amide bonds. The summed E-state index contributed by atoms with van der Waals surface area (Å²) < 4.78 is 0. The minimum absolute atomic E-state index is 0.0557. The van der Waals surface area contributed by atoms with E-state index in [1.807, 2.05) is 4.90 Å². The summed E-state index contributed by atoms with van der Waals surface area (Å²) in [7, 11) is 0. The second-order valence-corrected chi connectivity index (χ2v) is 5.30. The number of nitrogens with two attached hydrogens (primary N) is 1. The van der Waals surface area contributed by atoms with Gasteiger partial charge in [-0.15, -0.1) is 0 Å². The van der Waals surface area contributed by atoms with E-state index in [9.17, 15) is 9.90 Å². The predicted octanol–water partition coefficient (Wildman–Crippen LogP) is 2.39. The Balaban J connectivity index is 2.19. The third-order valence-electron chi connectivity index (χ3n) is 3.56. The van der Waals surface area contributed by atoms with Crippen LogP contribution in [-0.4, -0.2) is 35.0 Å². The molecule has 0 bridgehead atoms. The summed E-state index contributed by atoms with van der Waals surface area (Å²) in [6.07, 6.45) is 4.00. The molecule has 1 aliphatic carbocycles. The van der Waals surface area contributed by atoms with Crippen LogP contribution in [0.4, 0.5) is 0 Å². The van der Waals surface area contributed by atoms with Gasteiger partial charge in [-0.1, -0.05) is 11.6 Å². The Morgan fingerprint density at radius 2 is 2.21 bits per heavy atom. The maximum atomic E-state index is 12.5. The van der Waals surface area contributed by atoms with Gasteiger partial charge in [0.1, 0.15) is 5.75 Å². The molecule has 0 atom stereocenters. The first kappa shape index (κ1) is 14.2. The van der Waals surface area contributed by atoms with Crippen LogP contribution < -0.4 is 5.73 Å². The second kappa shape index (κ2) is 6.26. The summed E-state index contributed by atoms with van der Waals surface area (Å²) in [6.45, 7) is 1.20. The molecule has 0 saturated heterocycles. The van der Waals surface area contributed by atoms with Gasteiger partial charge in [-0.2, -0.15) is 0 Å². The van der Waals surface area contributed by atoms with Gasteiger partial charge in [-0.05, 0) is 50.4 Å². The number of carbonyl (C=O) groups is 1. The average molecular weight is 283 g/mol. The molecule has 0 radical (unpaired) electrons. The van der Waals surface area contributed by atoms with Crippen LogP contribution in [0, 0.1) is 0 Å². The Morgan fingerprint density at radius 3 is 2.79 bits per heavy atom. The number of hydrogen-bond donors (Lipinski definition) is 2. The van der Waals surface area contributed by atoms with Crippen molar-refractivity contribution in [2.24, 2.45) is 5.73 Å². The van der Waals surface area contributed by atoms with Crippen molar-refractivity contribution >= 4 is 17.5 Å². The number of phenols is 1. The normalized spacial score (nSPS) is 15.1. The molecule has 4 nitrogen and oxygen atoms in total. The Bertz CT molecular complexity index is 461. The van der Waals surface area contributed by atoms with Gasteiger partial charge in [0.05, 0.1) is 10.6 Å². The van der Waals surface area contributed by atoms with E-state index in [2.05, 4.69) is 0 Å². The highest BCUT2D eigenvalue weighted by Crippen LogP contribution is 2.29. The van der Waals surface area contributed by atoms with Crippen molar-refractivity contribution in [1.29, 1.82) is 0 Å². The number of carbonyl (C=O) groups excluding carboxylic acids is 1. The highest BCUT2D eigenvalue weighted by Gasteiger charge is 2.29. The monoisotopic (exact) mass is 282 g/mol. The summed E-state index contributed by atoms with van der Waals surface area (Å²) in [4.78, 5) is 14.4. The number of aromatic hydroxyl groups is 1. The van der Waals surface area contributed by atoms with Crippen LogP contribution in [0.2, 0.25) is 5.02 Å². The van der Waals surface area contributed by atoms with Crippen LogP contribution in [0.5, 0.6) is 5.75 Å². The maximum Gasteiger partial charge on any atom is 0.255 e. The van der Waals surface area contributed by atoms with Gasteiger partial charge in [-0.3, -0.25) is 4.79 Å². The number of hydrogen-bond acceptors (Lipinski definition) is 3. The first-order valence-corrected chi connectivity index (χ1v) is 7.01. The van der Waals surface area contributed by atoms with Crippen molar-refractivity contribution in [1.82, 2.24) is 4.90 Å². The minimum Gasteiger partial charge on any atom is -0.508 e. The van der Waals surface area contributed by atoms with Gasteiger partial charge in [0.15, 0.2) is 0 Å². The van der Waals surface area contributed by atoms with Crippen LogP contribution in [0.3, 0.4) is 0 Å². The van der Waals surface area contributed by atoms with Gasteiger partial charge in [-0.25, -0.2) is 0 Å². The lowest BCUT2D eigenvalue weighted by molar-refractivity contribution is 0.0578. The topological polar surface area (TPSA) is 66.6 Å². The molecule has 1 fully saturated rings. The molecule has 3 N–H and O–H groups in total. The molecule has 0 unspecified atom stereocenters. The third kappa shape index (κ3) is 3.19. The van der Waals surface area contributed by atoms with Gasteiger partial charge in [0.2, 0.25) is 0 Å². The fourth-order valence-electron chi connectivity index (χ4n) is 2.24. The number of amides is 1. The van der Waals surface area contributed by atoms with Crippen LogP contribution in [0.1, 0.15) is 36.0 Å². The van der Waals surface area contributed by atoms with Crippen molar-refractivity contribution in [3.8, 4) is 5.75 Å². The van der Waals surface area contributed by atoms with Crippen LogP contribution in [-0.2, 0) is 0 Å². The lowest BCUT2D eigenvalue weighted by atomic mass is 9.90. The molecular weight excluding hydrogens is 264 g/mol. The number of benzene rings is 1. The predicted molar refractivity (Wildman–Crippen MR) is 75.5 cm³/mol. The molecule has 1 saturated carbocycles. The molecule has 1 aromatic carbocycles. The summed E-state index contributed by atoms with van der Waals surface area (Å²) in [5, 5.41) is 9.88. The molecule has 19 heavy (non-hydrogen) atoms. The molecule has 0 aliphatic heterocycles. The fourth-order valence-corrected chi connectivity index (χ4v) is 2.44. The molecule has 1 aromatic rings. The first-order valence-electron chi connectivity index (χ1n) is 6.63. The molecule has 0 spiro atoms. The molecule has 2 rings (SSSR count). The number of nitrogens with zero attached hydrogens (tertiary/aromatic N) is 1. The van der Waals surface area contributed by atoms with Crippen LogP contribution in [0.15, 0.2) is 18.2 Å². The Labute approximate surface area is 118 Å². The fraction of sp³-hybridized carbons (Fsp3) is 0.500. The molecule has 0 heterocycles. The molecular formula is C14H19ClN2O2. The summed E-state index contributed by atoms with van der Waals surface area (Å²) in [5.74, 6) is -0.0563. The highest BCUT2D eigenvalue weighted by molar-refractivity contribution is 6.33. The van der Waals surface area contributed by atoms with E-state index in [4.69, 9.17) is 17.3 Å². The van der Waals surface area contributed by atoms with E-state index in [0.717, 1.165) is 25.7 Å². The summed E-state index contributed by atoms with van der Waals surface area (Å²) in [5.41, 5.74) is 5.89. The Kier molecular flexibility index (Phi) is 4.66. The summed E-state index contributed by atoms with van der Waals surface area (Å²) >= 11 is 6.05. The van der Waals surface area contributed by atoms with E-state index in [1.165, 1.54) is 12.1 Å². The van der Waals surface area contributed by atoms with Crippen molar-refractivity contribution < 1.29 is 9.90 Å². The molecule has 0 aromatic heterocycles. The van der Waals surface area contributed by atoms with E-state index < -0.39 is 0 Å². The Hall–Kier alpha value is -1.26. The lowest BCUT2D eigenvalue weighted by Crippen LogP contribution is -2.45. The largest absolute Gasteiger partial charge is 0.508 e. The van der Waals surface area contributed by atoms with Gasteiger partial charge >= 0.3 is 0 Å². The number of phenolic OH excluding ortho intramolecular Hbond substituents is 1. The number of halogens is 1. The van der Waals surface area contributed by atoms with Gasteiger partial charge < -0.3 is 15.7 Å². The van der Waals surface area contributed by atoms with E-state index in [0.29, 0.717) is 23.7 Å². The molecule has 1 aliphatic rings. The van der Waals surface area contributed by atoms with Gasteiger partial charge in [0, 0.05) is 12.6 Å². The molecule has 104 valence electrons. The second-order valence-electron chi connectivity index (χ2n) is 4.89. The smallest absolute Gasteiger partial charge is 0.255 e. The maximum absolute atomic E-state index is 12.5. The quantitative estimate of drug-likeness (QED) is 0.871. The SMILES string of the molecule is NCCCN(C(=O)c1cc(O)ccc1Cl)C1CCC1. The van der Waals surface area contributed by atoms with E-state index in [1.54, 1.807) is 6.07 Å². The van der Waals surface area contributed by atoms with Crippen molar-refractivity contribution in [3.05, 3.63) is 28.8 Å². The molecule has 5 heteroatoms. The average Bonchev–Trinajstić information content (AvgIpc) is 2.34.